The summed E-state index contributed by atoms with van der Waals surface area (Å²) in [4.78, 5) is 28.9. The maximum atomic E-state index is 14.4. The van der Waals surface area contributed by atoms with Crippen LogP contribution in [0.15, 0.2) is 108 Å². The molecule has 45 heavy (non-hydrogen) atoms. The van der Waals surface area contributed by atoms with E-state index in [1.165, 1.54) is 31.2 Å². The number of hydrogen-bond donors (Lipinski definition) is 1. The number of ether oxygens (including phenoxy) is 2. The zero-order chi connectivity index (χ0) is 32.4. The molecule has 0 radical (unpaired) electrons. The highest BCUT2D eigenvalue weighted by atomic mass is 32.2. The Balaban J connectivity index is 1.79. The molecule has 0 heterocycles. The Bertz CT molecular complexity index is 1680. The molecule has 4 rings (SSSR count). The predicted molar refractivity (Wildman–Crippen MR) is 170 cm³/mol. The molecule has 4 aromatic carbocycles. The SMILES string of the molecule is CCOc1ccc(N(CC(=O)N(Cc2cccc(OC)c2)[C@@H](Cc2ccccc2)C(=O)NC)S(=O)(=O)c2ccc(F)cc2)cc1. The zero-order valence-corrected chi connectivity index (χ0v) is 26.2. The summed E-state index contributed by atoms with van der Waals surface area (Å²) in [5.74, 6) is -0.550. The van der Waals surface area contributed by atoms with Gasteiger partial charge in [0, 0.05) is 20.0 Å². The quantitative estimate of drug-likeness (QED) is 0.214. The number of carbonyl (C=O) groups excluding carboxylic acids is 2. The van der Waals surface area contributed by atoms with Crippen molar-refractivity contribution in [1.29, 1.82) is 0 Å². The van der Waals surface area contributed by atoms with Crippen molar-refractivity contribution in [2.45, 2.75) is 30.8 Å². The van der Waals surface area contributed by atoms with Crippen LogP contribution in [0.25, 0.3) is 0 Å². The molecule has 0 aliphatic heterocycles. The van der Waals surface area contributed by atoms with Crippen LogP contribution in [0.2, 0.25) is 0 Å². The Morgan fingerprint density at radius 3 is 2.16 bits per heavy atom. The maximum absolute atomic E-state index is 14.4. The third kappa shape index (κ3) is 8.39. The van der Waals surface area contributed by atoms with Crippen LogP contribution < -0.4 is 19.1 Å². The minimum Gasteiger partial charge on any atom is -0.497 e. The molecular weight excluding hydrogens is 597 g/mol. The largest absolute Gasteiger partial charge is 0.497 e. The van der Waals surface area contributed by atoms with Gasteiger partial charge in [0.05, 0.1) is 24.3 Å². The molecule has 0 bridgehead atoms. The van der Waals surface area contributed by atoms with Gasteiger partial charge in [-0.2, -0.15) is 0 Å². The Kier molecular flexibility index (Phi) is 11.2. The monoisotopic (exact) mass is 633 g/mol. The summed E-state index contributed by atoms with van der Waals surface area (Å²) >= 11 is 0. The summed E-state index contributed by atoms with van der Waals surface area (Å²) in [5.41, 5.74) is 1.69. The van der Waals surface area contributed by atoms with Crippen molar-refractivity contribution >= 4 is 27.5 Å². The number of nitrogens with one attached hydrogen (secondary N) is 1. The van der Waals surface area contributed by atoms with E-state index >= 15 is 0 Å². The summed E-state index contributed by atoms with van der Waals surface area (Å²) in [6, 6.07) is 26.0. The minimum absolute atomic E-state index is 0.00529. The zero-order valence-electron chi connectivity index (χ0n) is 25.4. The molecule has 0 aromatic heterocycles. The van der Waals surface area contributed by atoms with Crippen molar-refractivity contribution in [1.82, 2.24) is 10.2 Å². The second-order valence-electron chi connectivity index (χ2n) is 10.1. The number of amides is 2. The number of methoxy groups -OCH3 is 1. The lowest BCUT2D eigenvalue weighted by molar-refractivity contribution is -0.139. The molecule has 0 saturated heterocycles. The number of halogens is 1. The van der Waals surface area contributed by atoms with Crippen LogP contribution >= 0.6 is 0 Å². The van der Waals surface area contributed by atoms with Gasteiger partial charge in [-0.05, 0) is 78.7 Å². The summed E-state index contributed by atoms with van der Waals surface area (Å²) in [6.07, 6.45) is 0.185. The average molecular weight is 634 g/mol. The Morgan fingerprint density at radius 1 is 0.867 bits per heavy atom. The second kappa shape index (κ2) is 15.2. The Labute approximate surface area is 263 Å². The summed E-state index contributed by atoms with van der Waals surface area (Å²) < 4.78 is 53.6. The van der Waals surface area contributed by atoms with Crippen LogP contribution in [0.3, 0.4) is 0 Å². The van der Waals surface area contributed by atoms with Crippen LogP contribution in [0, 0.1) is 5.82 Å². The van der Waals surface area contributed by atoms with E-state index in [-0.39, 0.29) is 23.5 Å². The van der Waals surface area contributed by atoms with Gasteiger partial charge in [-0.15, -0.1) is 0 Å². The highest BCUT2D eigenvalue weighted by Crippen LogP contribution is 2.27. The molecule has 2 amide bonds. The first kappa shape index (κ1) is 33.0. The van der Waals surface area contributed by atoms with Gasteiger partial charge in [0.2, 0.25) is 11.8 Å². The van der Waals surface area contributed by atoms with Crippen LogP contribution in [0.1, 0.15) is 18.1 Å². The lowest BCUT2D eigenvalue weighted by Gasteiger charge is -2.33. The van der Waals surface area contributed by atoms with Gasteiger partial charge in [-0.1, -0.05) is 42.5 Å². The van der Waals surface area contributed by atoms with Crippen LogP contribution in [0.5, 0.6) is 11.5 Å². The van der Waals surface area contributed by atoms with E-state index in [4.69, 9.17) is 9.47 Å². The van der Waals surface area contributed by atoms with Gasteiger partial charge < -0.3 is 19.7 Å². The lowest BCUT2D eigenvalue weighted by Crippen LogP contribution is -2.53. The molecule has 0 unspecified atom stereocenters. The minimum atomic E-state index is -4.36. The molecule has 0 aliphatic rings. The normalized spacial score (nSPS) is 11.7. The van der Waals surface area contributed by atoms with Gasteiger partial charge in [0.25, 0.3) is 10.0 Å². The number of rotatable bonds is 14. The molecule has 0 aliphatic carbocycles. The Hall–Kier alpha value is -4.90. The first-order valence-corrected chi connectivity index (χ1v) is 15.8. The van der Waals surface area contributed by atoms with Crippen molar-refractivity contribution in [3.8, 4) is 11.5 Å². The summed E-state index contributed by atoms with van der Waals surface area (Å²) in [7, 11) is -1.35. The first-order valence-electron chi connectivity index (χ1n) is 14.3. The van der Waals surface area contributed by atoms with Crippen molar-refractivity contribution < 1.29 is 31.9 Å². The fourth-order valence-electron chi connectivity index (χ4n) is 4.83. The fraction of sp³-hybridized carbons (Fsp3) is 0.235. The number of sulfonamides is 1. The van der Waals surface area contributed by atoms with Gasteiger partial charge in [-0.25, -0.2) is 12.8 Å². The highest BCUT2D eigenvalue weighted by Gasteiger charge is 2.34. The van der Waals surface area contributed by atoms with Crippen molar-refractivity contribution in [2.24, 2.45) is 0 Å². The summed E-state index contributed by atoms with van der Waals surface area (Å²) in [6.45, 7) is 1.60. The molecule has 9 nitrogen and oxygen atoms in total. The molecule has 236 valence electrons. The lowest BCUT2D eigenvalue weighted by atomic mass is 10.0. The molecule has 0 saturated carbocycles. The van der Waals surface area contributed by atoms with E-state index in [0.29, 0.717) is 23.7 Å². The topological polar surface area (TPSA) is 105 Å². The first-order chi connectivity index (χ1) is 21.7. The molecule has 1 atom stereocenters. The number of nitrogens with zero attached hydrogens (tertiary/aromatic N) is 2. The fourth-order valence-corrected chi connectivity index (χ4v) is 6.24. The molecule has 1 N–H and O–H groups in total. The van der Waals surface area contributed by atoms with E-state index in [2.05, 4.69) is 5.32 Å². The van der Waals surface area contributed by atoms with Gasteiger partial charge in [0.15, 0.2) is 0 Å². The average Bonchev–Trinajstić information content (AvgIpc) is 3.06. The number of anilines is 1. The summed E-state index contributed by atoms with van der Waals surface area (Å²) in [5, 5.41) is 2.65. The van der Waals surface area contributed by atoms with Crippen molar-refractivity contribution in [3.05, 3.63) is 120 Å². The van der Waals surface area contributed by atoms with E-state index in [1.54, 1.807) is 36.4 Å². The van der Waals surface area contributed by atoms with E-state index in [0.717, 1.165) is 34.1 Å². The number of hydrogen-bond acceptors (Lipinski definition) is 6. The second-order valence-corrected chi connectivity index (χ2v) is 11.9. The van der Waals surface area contributed by atoms with Gasteiger partial charge >= 0.3 is 0 Å². The third-order valence-corrected chi connectivity index (χ3v) is 8.91. The van der Waals surface area contributed by atoms with E-state index < -0.39 is 40.2 Å². The van der Waals surface area contributed by atoms with E-state index in [1.807, 2.05) is 37.3 Å². The molecule has 0 spiro atoms. The highest BCUT2D eigenvalue weighted by molar-refractivity contribution is 7.92. The smallest absolute Gasteiger partial charge is 0.264 e. The standard InChI is InChI=1S/C34H36FN3O6S/c1-4-44-29-17-15-28(16-18-29)38(45(41,42)31-19-13-27(35)14-20-31)24-33(39)37(23-26-11-8-12-30(21-26)43-3)32(34(40)36-2)22-25-9-6-5-7-10-25/h5-21,32H,4,22-24H2,1-3H3,(H,36,40)/t32-/m0/s1. The Morgan fingerprint density at radius 2 is 1.53 bits per heavy atom. The number of likely N-dealkylation sites (N-methyl/N-ethyl adjacent to an activating group) is 1. The predicted octanol–water partition coefficient (Wildman–Crippen LogP) is 4.81. The van der Waals surface area contributed by atoms with Gasteiger partial charge in [0.1, 0.15) is 29.9 Å². The van der Waals surface area contributed by atoms with E-state index in [9.17, 15) is 22.4 Å². The number of carbonyl (C=O) groups is 2. The molecule has 0 fully saturated rings. The molecule has 4 aromatic rings. The number of benzene rings is 4. The van der Waals surface area contributed by atoms with Crippen molar-refractivity contribution in [3.63, 3.8) is 0 Å². The molecular formula is C34H36FN3O6S. The van der Waals surface area contributed by atoms with Gasteiger partial charge in [-0.3, -0.25) is 13.9 Å². The van der Waals surface area contributed by atoms with Crippen LogP contribution in [0.4, 0.5) is 10.1 Å². The molecule has 11 heteroatoms. The third-order valence-electron chi connectivity index (χ3n) is 7.12. The van der Waals surface area contributed by atoms with Crippen molar-refractivity contribution in [2.75, 3.05) is 31.6 Å². The van der Waals surface area contributed by atoms with Crippen LogP contribution in [-0.4, -0.2) is 58.5 Å². The maximum Gasteiger partial charge on any atom is 0.264 e. The van der Waals surface area contributed by atoms with Crippen LogP contribution in [-0.2, 0) is 32.6 Å².